The summed E-state index contributed by atoms with van der Waals surface area (Å²) < 4.78 is 5.78. The maximum atomic E-state index is 5.78. The minimum atomic E-state index is 0.201. The Morgan fingerprint density at radius 2 is 2.00 bits per heavy atom. The number of nitrogens with one attached hydrogen (secondary N) is 1. The molecule has 1 fully saturated rings. The number of rotatable bonds is 11. The molecule has 3 N–H and O–H groups in total. The third kappa shape index (κ3) is 6.11. The first-order valence-electron chi connectivity index (χ1n) is 9.35. The number of likely N-dealkylation sites (tertiary alicyclic amines) is 1. The number of likely N-dealkylation sites (N-methyl/N-ethyl adjacent to an activating group) is 1. The SMILES string of the molecule is CCCCCCCNc1nc(N)nc(OCC2CCCN2CC)n1. The van der Waals surface area contributed by atoms with Crippen molar-refractivity contribution in [3.05, 3.63) is 0 Å². The first-order chi connectivity index (χ1) is 11.7. The van der Waals surface area contributed by atoms with E-state index < -0.39 is 0 Å². The smallest absolute Gasteiger partial charge is 0.323 e. The molecule has 1 aromatic heterocycles. The number of nitrogen functional groups attached to an aromatic ring is 1. The Morgan fingerprint density at radius 3 is 2.79 bits per heavy atom. The normalized spacial score (nSPS) is 18.0. The summed E-state index contributed by atoms with van der Waals surface area (Å²) in [5.74, 6) is 0.707. The van der Waals surface area contributed by atoms with Crippen LogP contribution in [0.1, 0.15) is 58.8 Å². The molecule has 0 radical (unpaired) electrons. The predicted octanol–water partition coefficient (Wildman–Crippen LogP) is 2.70. The van der Waals surface area contributed by atoms with Crippen molar-refractivity contribution in [3.63, 3.8) is 0 Å². The summed E-state index contributed by atoms with van der Waals surface area (Å²) in [5.41, 5.74) is 5.77. The number of hydrogen-bond donors (Lipinski definition) is 2. The molecule has 0 bridgehead atoms. The molecule has 24 heavy (non-hydrogen) atoms. The molecule has 1 aromatic rings. The van der Waals surface area contributed by atoms with Gasteiger partial charge in [0.1, 0.15) is 6.61 Å². The highest BCUT2D eigenvalue weighted by Gasteiger charge is 2.23. The van der Waals surface area contributed by atoms with Crippen LogP contribution >= 0.6 is 0 Å². The third-order valence-corrected chi connectivity index (χ3v) is 4.51. The molecule has 0 aromatic carbocycles. The van der Waals surface area contributed by atoms with Gasteiger partial charge in [-0.3, -0.25) is 4.90 Å². The van der Waals surface area contributed by atoms with Gasteiger partial charge in [-0.2, -0.15) is 15.0 Å². The number of ether oxygens (including phenoxy) is 1. The number of nitrogens with zero attached hydrogens (tertiary/aromatic N) is 4. The molecule has 2 heterocycles. The molecule has 0 amide bonds. The zero-order valence-electron chi connectivity index (χ0n) is 15.1. The van der Waals surface area contributed by atoms with Crippen LogP contribution in [0.15, 0.2) is 0 Å². The van der Waals surface area contributed by atoms with Gasteiger partial charge in [0.05, 0.1) is 0 Å². The van der Waals surface area contributed by atoms with Crippen molar-refractivity contribution in [2.24, 2.45) is 0 Å². The topological polar surface area (TPSA) is 89.2 Å². The molecule has 1 aliphatic heterocycles. The quantitative estimate of drug-likeness (QED) is 0.600. The molecule has 0 spiro atoms. The van der Waals surface area contributed by atoms with E-state index in [4.69, 9.17) is 10.5 Å². The number of hydrogen-bond acceptors (Lipinski definition) is 7. The second kappa shape index (κ2) is 10.3. The minimum absolute atomic E-state index is 0.201. The fourth-order valence-corrected chi connectivity index (χ4v) is 3.12. The fraction of sp³-hybridized carbons (Fsp3) is 0.824. The van der Waals surface area contributed by atoms with E-state index in [0.717, 1.165) is 32.5 Å². The van der Waals surface area contributed by atoms with Crippen LogP contribution in [0.3, 0.4) is 0 Å². The van der Waals surface area contributed by atoms with E-state index in [1.807, 2.05) is 0 Å². The van der Waals surface area contributed by atoms with Crippen LogP contribution < -0.4 is 15.8 Å². The molecular formula is C17H32N6O. The van der Waals surface area contributed by atoms with E-state index in [9.17, 15) is 0 Å². The lowest BCUT2D eigenvalue weighted by Gasteiger charge is -2.22. The van der Waals surface area contributed by atoms with Gasteiger partial charge in [0.25, 0.3) is 0 Å². The van der Waals surface area contributed by atoms with E-state index in [1.54, 1.807) is 0 Å². The van der Waals surface area contributed by atoms with E-state index >= 15 is 0 Å². The summed E-state index contributed by atoms with van der Waals surface area (Å²) in [6, 6.07) is 0.766. The summed E-state index contributed by atoms with van der Waals surface area (Å²) in [6.45, 7) is 8.06. The lowest BCUT2D eigenvalue weighted by molar-refractivity contribution is 0.170. The first kappa shape index (κ1) is 18.7. The molecule has 1 atom stereocenters. The summed E-state index contributed by atoms with van der Waals surface area (Å²) in [5, 5.41) is 3.22. The van der Waals surface area contributed by atoms with Crippen molar-refractivity contribution in [2.45, 2.75) is 64.8 Å². The van der Waals surface area contributed by atoms with Gasteiger partial charge in [-0.05, 0) is 32.4 Å². The third-order valence-electron chi connectivity index (χ3n) is 4.51. The molecule has 7 heteroatoms. The molecule has 0 aliphatic carbocycles. The standard InChI is InChI=1S/C17H32N6O/c1-3-5-6-7-8-11-19-16-20-15(18)21-17(22-16)24-13-14-10-9-12-23(14)4-2/h14H,3-13H2,1-2H3,(H3,18,19,20,21,22). The minimum Gasteiger partial charge on any atom is -0.462 e. The lowest BCUT2D eigenvalue weighted by atomic mass is 10.1. The molecule has 1 unspecified atom stereocenters. The van der Waals surface area contributed by atoms with Crippen molar-refractivity contribution < 1.29 is 4.74 Å². The Kier molecular flexibility index (Phi) is 8.01. The van der Waals surface area contributed by atoms with Crippen LogP contribution in [0.4, 0.5) is 11.9 Å². The Bertz CT molecular complexity index is 484. The van der Waals surface area contributed by atoms with Crippen LogP contribution in [0, 0.1) is 0 Å². The van der Waals surface area contributed by atoms with Crippen LogP contribution in [-0.4, -0.2) is 52.1 Å². The maximum Gasteiger partial charge on any atom is 0.323 e. The molecule has 2 rings (SSSR count). The highest BCUT2D eigenvalue weighted by Crippen LogP contribution is 2.18. The predicted molar refractivity (Wildman–Crippen MR) is 97.3 cm³/mol. The number of aromatic nitrogens is 3. The Balaban J connectivity index is 1.77. The molecule has 136 valence electrons. The van der Waals surface area contributed by atoms with Crippen molar-refractivity contribution >= 4 is 11.9 Å². The number of anilines is 2. The largest absolute Gasteiger partial charge is 0.462 e. The van der Waals surface area contributed by atoms with Crippen molar-refractivity contribution in [1.29, 1.82) is 0 Å². The monoisotopic (exact) mass is 336 g/mol. The molecule has 1 saturated heterocycles. The van der Waals surface area contributed by atoms with Gasteiger partial charge in [0, 0.05) is 12.6 Å². The molecule has 0 saturated carbocycles. The van der Waals surface area contributed by atoms with E-state index in [1.165, 1.54) is 32.1 Å². The van der Waals surface area contributed by atoms with Gasteiger partial charge in [-0.25, -0.2) is 0 Å². The Morgan fingerprint density at radius 1 is 1.17 bits per heavy atom. The average Bonchev–Trinajstić information content (AvgIpc) is 3.03. The average molecular weight is 336 g/mol. The van der Waals surface area contributed by atoms with Crippen molar-refractivity contribution in [2.75, 3.05) is 37.3 Å². The molecular weight excluding hydrogens is 304 g/mol. The second-order valence-corrected chi connectivity index (χ2v) is 6.38. The fourth-order valence-electron chi connectivity index (χ4n) is 3.12. The summed E-state index contributed by atoms with van der Waals surface area (Å²) in [6.07, 6.45) is 8.56. The molecule has 7 nitrogen and oxygen atoms in total. The van der Waals surface area contributed by atoms with Gasteiger partial charge < -0.3 is 15.8 Å². The van der Waals surface area contributed by atoms with E-state index in [2.05, 4.69) is 39.0 Å². The van der Waals surface area contributed by atoms with E-state index in [0.29, 0.717) is 24.6 Å². The van der Waals surface area contributed by atoms with Gasteiger partial charge in [-0.15, -0.1) is 0 Å². The highest BCUT2D eigenvalue weighted by molar-refractivity contribution is 5.32. The van der Waals surface area contributed by atoms with Crippen LogP contribution in [-0.2, 0) is 0 Å². The van der Waals surface area contributed by atoms with Crippen LogP contribution in [0.5, 0.6) is 6.01 Å². The summed E-state index contributed by atoms with van der Waals surface area (Å²) >= 11 is 0. The van der Waals surface area contributed by atoms with Crippen LogP contribution in [0.2, 0.25) is 0 Å². The first-order valence-corrected chi connectivity index (χ1v) is 9.35. The summed E-state index contributed by atoms with van der Waals surface area (Å²) in [7, 11) is 0. The highest BCUT2D eigenvalue weighted by atomic mass is 16.5. The van der Waals surface area contributed by atoms with Gasteiger partial charge in [0.15, 0.2) is 0 Å². The van der Waals surface area contributed by atoms with Gasteiger partial charge in [0.2, 0.25) is 11.9 Å². The maximum absolute atomic E-state index is 5.78. The number of unbranched alkanes of at least 4 members (excludes halogenated alkanes) is 4. The van der Waals surface area contributed by atoms with Crippen molar-refractivity contribution in [1.82, 2.24) is 19.9 Å². The molecule has 1 aliphatic rings. The number of nitrogens with two attached hydrogens (primary N) is 1. The van der Waals surface area contributed by atoms with Gasteiger partial charge >= 0.3 is 6.01 Å². The summed E-state index contributed by atoms with van der Waals surface area (Å²) in [4.78, 5) is 15.0. The Labute approximate surface area is 145 Å². The van der Waals surface area contributed by atoms with Crippen molar-refractivity contribution in [3.8, 4) is 6.01 Å². The Hall–Kier alpha value is -1.63. The van der Waals surface area contributed by atoms with Gasteiger partial charge in [-0.1, -0.05) is 39.5 Å². The zero-order valence-corrected chi connectivity index (χ0v) is 15.1. The zero-order chi connectivity index (χ0) is 17.2. The van der Waals surface area contributed by atoms with E-state index in [-0.39, 0.29) is 5.95 Å². The second-order valence-electron chi connectivity index (χ2n) is 6.38. The van der Waals surface area contributed by atoms with Crippen LogP contribution in [0.25, 0.3) is 0 Å². The lowest BCUT2D eigenvalue weighted by Crippen LogP contribution is -2.34.